The van der Waals surface area contributed by atoms with Gasteiger partial charge in [0, 0.05) is 11.8 Å². The number of aldehydes is 1. The quantitative estimate of drug-likeness (QED) is 0.493. The van der Waals surface area contributed by atoms with Crippen molar-refractivity contribution >= 4 is 23.2 Å². The molecule has 0 aliphatic heterocycles. The van der Waals surface area contributed by atoms with E-state index in [9.17, 15) is 29.0 Å². The molecule has 0 spiro atoms. The Kier molecular flexibility index (Phi) is 6.24. The number of nitrogens with one attached hydrogen (secondary N) is 1. The summed E-state index contributed by atoms with van der Waals surface area (Å²) >= 11 is 0. The van der Waals surface area contributed by atoms with Gasteiger partial charge in [-0.1, -0.05) is 31.4 Å². The lowest BCUT2D eigenvalue weighted by Crippen LogP contribution is -2.53. The Balaban J connectivity index is 1.86. The molecule has 1 aliphatic carbocycles. The number of hydrogen-bond acceptors (Lipinski definition) is 6. The summed E-state index contributed by atoms with van der Waals surface area (Å²) in [4.78, 5) is 41.8. The first-order valence-corrected chi connectivity index (χ1v) is 10.8. The van der Waals surface area contributed by atoms with Crippen LogP contribution in [-0.4, -0.2) is 44.1 Å². The molecule has 0 atom stereocenters. The lowest BCUT2D eigenvalue weighted by atomic mass is 9.82. The van der Waals surface area contributed by atoms with E-state index < -0.39 is 34.1 Å². The lowest BCUT2D eigenvalue weighted by Gasteiger charge is -2.36. The normalized spacial score (nSPS) is 15.3. The minimum absolute atomic E-state index is 0.0431. The zero-order valence-electron chi connectivity index (χ0n) is 17.9. The van der Waals surface area contributed by atoms with Gasteiger partial charge >= 0.3 is 0 Å². The Labute approximate surface area is 188 Å². The number of aromatic hydroxyl groups is 1. The van der Waals surface area contributed by atoms with Gasteiger partial charge in [0.25, 0.3) is 11.5 Å². The maximum absolute atomic E-state index is 13.3. The Morgan fingerprint density at radius 1 is 1.18 bits per heavy atom. The Hall–Kier alpha value is -3.59. The SMILES string of the molecule is O=CCn1c(=O)c(C(=O)NC2(CO)CCCCC2)c(O)c2cc(-c3ccc(F)cc3)cnc21. The molecule has 2 heterocycles. The minimum Gasteiger partial charge on any atom is -0.506 e. The average molecular weight is 453 g/mol. The molecular weight excluding hydrogens is 429 g/mol. The van der Waals surface area contributed by atoms with Crippen molar-refractivity contribution in [2.24, 2.45) is 0 Å². The third kappa shape index (κ3) is 4.23. The molecule has 4 rings (SSSR count). The molecule has 0 unspecified atom stereocenters. The van der Waals surface area contributed by atoms with Gasteiger partial charge in [0.1, 0.15) is 29.1 Å². The predicted octanol–water partition coefficient (Wildman–Crippen LogP) is 2.53. The van der Waals surface area contributed by atoms with Crippen LogP contribution >= 0.6 is 0 Å². The van der Waals surface area contributed by atoms with Crippen LogP contribution in [-0.2, 0) is 11.3 Å². The fourth-order valence-corrected chi connectivity index (χ4v) is 4.42. The number of hydrogen-bond donors (Lipinski definition) is 3. The molecule has 33 heavy (non-hydrogen) atoms. The molecule has 2 aromatic heterocycles. The first kappa shape index (κ1) is 22.6. The number of benzene rings is 1. The first-order chi connectivity index (χ1) is 15.9. The summed E-state index contributed by atoms with van der Waals surface area (Å²) in [6.45, 7) is -0.643. The van der Waals surface area contributed by atoms with E-state index in [0.717, 1.165) is 23.8 Å². The molecule has 9 heteroatoms. The van der Waals surface area contributed by atoms with Gasteiger partial charge < -0.3 is 20.3 Å². The number of carbonyl (C=O) groups is 2. The van der Waals surface area contributed by atoms with E-state index in [1.165, 1.54) is 24.4 Å². The van der Waals surface area contributed by atoms with Crippen molar-refractivity contribution in [1.82, 2.24) is 14.9 Å². The number of aromatic nitrogens is 2. The molecule has 172 valence electrons. The zero-order valence-corrected chi connectivity index (χ0v) is 17.9. The predicted molar refractivity (Wildman–Crippen MR) is 119 cm³/mol. The second-order valence-electron chi connectivity index (χ2n) is 8.36. The number of carbonyl (C=O) groups excluding carboxylic acids is 2. The largest absolute Gasteiger partial charge is 0.506 e. The molecule has 0 saturated heterocycles. The van der Waals surface area contributed by atoms with Crippen LogP contribution in [0.1, 0.15) is 42.5 Å². The molecular formula is C24H24FN3O5. The monoisotopic (exact) mass is 453 g/mol. The van der Waals surface area contributed by atoms with E-state index in [0.29, 0.717) is 30.3 Å². The maximum Gasteiger partial charge on any atom is 0.269 e. The van der Waals surface area contributed by atoms with Crippen LogP contribution in [0.15, 0.2) is 41.3 Å². The summed E-state index contributed by atoms with van der Waals surface area (Å²) in [7, 11) is 0. The first-order valence-electron chi connectivity index (χ1n) is 10.8. The number of fused-ring (bicyclic) bond motifs is 1. The smallest absolute Gasteiger partial charge is 0.269 e. The summed E-state index contributed by atoms with van der Waals surface area (Å²) in [5, 5.41) is 23.8. The molecule has 1 amide bonds. The van der Waals surface area contributed by atoms with Gasteiger partial charge in [-0.3, -0.25) is 14.2 Å². The summed E-state index contributed by atoms with van der Waals surface area (Å²) < 4.78 is 14.3. The standard InChI is InChI=1S/C24H24FN3O5/c25-17-6-4-15(5-7-17)16-12-18-20(31)19(23(33)28(10-11-29)21(18)26-13-16)22(32)27-24(14-30)8-2-1-3-9-24/h4-7,11-13,30-31H,1-3,8-10,14H2,(H,27,32). The van der Waals surface area contributed by atoms with Gasteiger partial charge in [0.2, 0.25) is 0 Å². The highest BCUT2D eigenvalue weighted by Crippen LogP contribution is 2.32. The molecule has 1 aliphatic rings. The van der Waals surface area contributed by atoms with Crippen molar-refractivity contribution in [2.45, 2.75) is 44.2 Å². The third-order valence-electron chi connectivity index (χ3n) is 6.23. The van der Waals surface area contributed by atoms with Gasteiger partial charge in [-0.2, -0.15) is 0 Å². The Morgan fingerprint density at radius 3 is 2.52 bits per heavy atom. The highest BCUT2D eigenvalue weighted by atomic mass is 19.1. The average Bonchev–Trinajstić information content (AvgIpc) is 2.82. The fraction of sp³-hybridized carbons (Fsp3) is 0.333. The molecule has 0 radical (unpaired) electrons. The highest BCUT2D eigenvalue weighted by molar-refractivity contribution is 6.02. The number of nitrogens with zero attached hydrogens (tertiary/aromatic N) is 2. The van der Waals surface area contributed by atoms with Crippen molar-refractivity contribution in [3.63, 3.8) is 0 Å². The highest BCUT2D eigenvalue weighted by Gasteiger charge is 2.35. The third-order valence-corrected chi connectivity index (χ3v) is 6.23. The maximum atomic E-state index is 13.3. The van der Waals surface area contributed by atoms with Gasteiger partial charge in [0.15, 0.2) is 0 Å². The van der Waals surface area contributed by atoms with Crippen molar-refractivity contribution in [3.8, 4) is 16.9 Å². The van der Waals surface area contributed by atoms with Gasteiger partial charge in [-0.25, -0.2) is 9.37 Å². The molecule has 8 nitrogen and oxygen atoms in total. The number of amides is 1. The van der Waals surface area contributed by atoms with Crippen molar-refractivity contribution < 1.29 is 24.2 Å². The van der Waals surface area contributed by atoms with E-state index in [2.05, 4.69) is 10.3 Å². The van der Waals surface area contributed by atoms with Gasteiger partial charge in [-0.05, 0) is 36.6 Å². The number of aliphatic hydroxyl groups excluding tert-OH is 1. The Bertz CT molecular complexity index is 1260. The minimum atomic E-state index is -0.868. The summed E-state index contributed by atoms with van der Waals surface area (Å²) in [6.07, 6.45) is 5.70. The number of rotatable bonds is 6. The van der Waals surface area contributed by atoms with Crippen LogP contribution in [0.5, 0.6) is 5.75 Å². The number of aliphatic hydroxyl groups is 1. The van der Waals surface area contributed by atoms with E-state index in [1.54, 1.807) is 12.1 Å². The zero-order chi connectivity index (χ0) is 23.6. The van der Waals surface area contributed by atoms with Crippen LogP contribution in [0, 0.1) is 5.82 Å². The molecule has 3 aromatic rings. The summed E-state index contributed by atoms with van der Waals surface area (Å²) in [5.41, 5.74) is -1.05. The van der Waals surface area contributed by atoms with E-state index >= 15 is 0 Å². The van der Waals surface area contributed by atoms with Crippen molar-refractivity contribution in [2.75, 3.05) is 6.61 Å². The Morgan fingerprint density at radius 2 is 1.88 bits per heavy atom. The van der Waals surface area contributed by atoms with E-state index in [4.69, 9.17) is 0 Å². The second-order valence-corrected chi connectivity index (χ2v) is 8.36. The number of pyridine rings is 2. The van der Waals surface area contributed by atoms with Crippen LogP contribution in [0.25, 0.3) is 22.2 Å². The lowest BCUT2D eigenvalue weighted by molar-refractivity contribution is -0.108. The van der Waals surface area contributed by atoms with Crippen molar-refractivity contribution in [1.29, 1.82) is 0 Å². The fourth-order valence-electron chi connectivity index (χ4n) is 4.42. The van der Waals surface area contributed by atoms with Crippen LogP contribution in [0.3, 0.4) is 0 Å². The topological polar surface area (TPSA) is 122 Å². The summed E-state index contributed by atoms with van der Waals surface area (Å²) in [6, 6.07) is 7.18. The number of halogens is 1. The molecule has 0 bridgehead atoms. The molecule has 3 N–H and O–H groups in total. The van der Waals surface area contributed by atoms with Crippen LogP contribution in [0.4, 0.5) is 4.39 Å². The summed E-state index contributed by atoms with van der Waals surface area (Å²) in [5.74, 6) is -1.79. The van der Waals surface area contributed by atoms with Gasteiger partial charge in [0.05, 0.1) is 24.1 Å². The second kappa shape index (κ2) is 9.11. The van der Waals surface area contributed by atoms with Crippen LogP contribution in [0.2, 0.25) is 0 Å². The molecule has 1 aromatic carbocycles. The van der Waals surface area contributed by atoms with Crippen molar-refractivity contribution in [3.05, 3.63) is 58.3 Å². The molecule has 1 saturated carbocycles. The van der Waals surface area contributed by atoms with Gasteiger partial charge in [-0.15, -0.1) is 0 Å². The van der Waals surface area contributed by atoms with Crippen LogP contribution < -0.4 is 10.9 Å². The molecule has 1 fully saturated rings. The van der Waals surface area contributed by atoms with E-state index in [-0.39, 0.29) is 24.2 Å². The van der Waals surface area contributed by atoms with E-state index in [1.807, 2.05) is 0 Å².